The number of ether oxygens (including phenoxy) is 1. The minimum Gasteiger partial charge on any atom is -0.489 e. The second kappa shape index (κ2) is 7.22. The third-order valence-corrected chi connectivity index (χ3v) is 3.54. The number of aryl methyl sites for hydroxylation is 2. The first kappa shape index (κ1) is 15.5. The molecule has 0 aliphatic rings. The largest absolute Gasteiger partial charge is 0.489 e. The monoisotopic (exact) mass is 291 g/mol. The number of rotatable bonds is 7. The third-order valence-electron chi connectivity index (χ3n) is 3.54. The second-order valence-electron chi connectivity index (χ2n) is 5.10. The molecule has 0 saturated carbocycles. The summed E-state index contributed by atoms with van der Waals surface area (Å²) in [6.07, 6.45) is 3.75. The van der Waals surface area contributed by atoms with Crippen molar-refractivity contribution in [1.29, 1.82) is 0 Å². The van der Waals surface area contributed by atoms with Crippen LogP contribution in [0, 0.1) is 0 Å². The molecule has 0 atom stereocenters. The van der Waals surface area contributed by atoms with Crippen LogP contribution in [0.4, 0.5) is 4.39 Å². The van der Waals surface area contributed by atoms with Gasteiger partial charge in [-0.1, -0.05) is 13.3 Å². The lowest BCUT2D eigenvalue weighted by Crippen LogP contribution is -2.10. The average molecular weight is 291 g/mol. The zero-order valence-electron chi connectivity index (χ0n) is 12.6. The topological polar surface area (TPSA) is 53.1 Å². The number of aromatic nitrogens is 2. The maximum absolute atomic E-state index is 12.5. The van der Waals surface area contributed by atoms with Crippen LogP contribution in [0.25, 0.3) is 11.0 Å². The van der Waals surface area contributed by atoms with Gasteiger partial charge in [0.25, 0.3) is 0 Å². The molecule has 2 aromatic rings. The van der Waals surface area contributed by atoms with Gasteiger partial charge in [0.2, 0.25) is 0 Å². The van der Waals surface area contributed by atoms with E-state index in [1.807, 2.05) is 25.2 Å². The van der Waals surface area contributed by atoms with E-state index in [9.17, 15) is 4.39 Å². The normalized spacial score (nSPS) is 12.1. The standard InChI is InChI=1S/C16H22FN3O/c1-3-4-5-16-19-14-8-13(6-7-15(14)20(16)2)21-11-12(9-17)10-18/h6-9H,3-5,10-11,18H2,1-2H3/b12-9+. The first-order chi connectivity index (χ1) is 10.2. The highest BCUT2D eigenvalue weighted by atomic mass is 19.1. The Balaban J connectivity index is 2.17. The first-order valence-corrected chi connectivity index (χ1v) is 7.26. The van der Waals surface area contributed by atoms with Crippen LogP contribution in [0.1, 0.15) is 25.6 Å². The summed E-state index contributed by atoms with van der Waals surface area (Å²) in [5, 5.41) is 0. The first-order valence-electron chi connectivity index (χ1n) is 7.26. The Morgan fingerprint density at radius 1 is 1.48 bits per heavy atom. The SMILES string of the molecule is CCCCc1nc2cc(OC/C(=C/F)CN)ccc2n1C. The van der Waals surface area contributed by atoms with Gasteiger partial charge in [-0.2, -0.15) is 0 Å². The van der Waals surface area contributed by atoms with Crippen molar-refractivity contribution in [3.8, 4) is 5.75 Å². The molecular weight excluding hydrogens is 269 g/mol. The average Bonchev–Trinajstić information content (AvgIpc) is 2.82. The number of nitrogens with two attached hydrogens (primary N) is 1. The molecule has 1 heterocycles. The van der Waals surface area contributed by atoms with Crippen molar-refractivity contribution in [2.24, 2.45) is 12.8 Å². The van der Waals surface area contributed by atoms with Crippen molar-refractivity contribution in [2.75, 3.05) is 13.2 Å². The van der Waals surface area contributed by atoms with E-state index >= 15 is 0 Å². The number of fused-ring (bicyclic) bond motifs is 1. The number of hydrogen-bond donors (Lipinski definition) is 1. The molecule has 0 saturated heterocycles. The van der Waals surface area contributed by atoms with E-state index in [4.69, 9.17) is 10.5 Å². The summed E-state index contributed by atoms with van der Waals surface area (Å²) in [6, 6.07) is 5.74. The predicted octanol–water partition coefficient (Wildman–Crippen LogP) is 3.11. The van der Waals surface area contributed by atoms with E-state index in [1.54, 1.807) is 0 Å². The van der Waals surface area contributed by atoms with Gasteiger partial charge in [-0.3, -0.25) is 0 Å². The number of nitrogens with zero attached hydrogens (tertiary/aromatic N) is 2. The number of unbranched alkanes of at least 4 members (excludes halogenated alkanes) is 1. The summed E-state index contributed by atoms with van der Waals surface area (Å²) in [7, 11) is 2.03. The molecule has 0 spiro atoms. The van der Waals surface area contributed by atoms with E-state index in [0.29, 0.717) is 17.7 Å². The predicted molar refractivity (Wildman–Crippen MR) is 83.1 cm³/mol. The molecule has 0 bridgehead atoms. The van der Waals surface area contributed by atoms with Crippen LogP contribution in [0.15, 0.2) is 30.1 Å². The van der Waals surface area contributed by atoms with Crippen LogP contribution in [0.3, 0.4) is 0 Å². The zero-order valence-corrected chi connectivity index (χ0v) is 12.6. The highest BCUT2D eigenvalue weighted by Crippen LogP contribution is 2.22. The molecule has 1 aromatic carbocycles. The van der Waals surface area contributed by atoms with Gasteiger partial charge in [0, 0.05) is 31.7 Å². The van der Waals surface area contributed by atoms with Crippen molar-refractivity contribution in [3.63, 3.8) is 0 Å². The smallest absolute Gasteiger partial charge is 0.122 e. The van der Waals surface area contributed by atoms with Gasteiger partial charge in [-0.25, -0.2) is 9.37 Å². The van der Waals surface area contributed by atoms with Crippen LogP contribution < -0.4 is 10.5 Å². The fourth-order valence-electron chi connectivity index (χ4n) is 2.19. The van der Waals surface area contributed by atoms with E-state index in [2.05, 4.69) is 16.5 Å². The van der Waals surface area contributed by atoms with Gasteiger partial charge in [0.1, 0.15) is 18.2 Å². The third kappa shape index (κ3) is 3.61. The molecule has 114 valence electrons. The number of imidazole rings is 1. The molecule has 0 unspecified atom stereocenters. The van der Waals surface area contributed by atoms with Gasteiger partial charge in [0.15, 0.2) is 0 Å². The van der Waals surface area contributed by atoms with E-state index < -0.39 is 0 Å². The zero-order chi connectivity index (χ0) is 15.2. The highest BCUT2D eigenvalue weighted by molar-refractivity contribution is 5.77. The lowest BCUT2D eigenvalue weighted by atomic mass is 10.2. The van der Waals surface area contributed by atoms with Crippen LogP contribution in [-0.2, 0) is 13.5 Å². The molecule has 0 amide bonds. The second-order valence-corrected chi connectivity index (χ2v) is 5.10. The van der Waals surface area contributed by atoms with Crippen LogP contribution in [0.5, 0.6) is 5.75 Å². The number of benzene rings is 1. The van der Waals surface area contributed by atoms with Crippen LogP contribution in [0.2, 0.25) is 0 Å². The summed E-state index contributed by atoms with van der Waals surface area (Å²) in [6.45, 7) is 2.49. The molecule has 0 fully saturated rings. The van der Waals surface area contributed by atoms with Crippen LogP contribution in [-0.4, -0.2) is 22.7 Å². The Morgan fingerprint density at radius 3 is 2.95 bits per heavy atom. The summed E-state index contributed by atoms with van der Waals surface area (Å²) >= 11 is 0. The minimum atomic E-state index is 0.156. The molecule has 21 heavy (non-hydrogen) atoms. The van der Waals surface area contributed by atoms with Gasteiger partial charge < -0.3 is 15.0 Å². The molecule has 2 N–H and O–H groups in total. The maximum atomic E-state index is 12.5. The van der Waals surface area contributed by atoms with E-state index in [-0.39, 0.29) is 13.2 Å². The van der Waals surface area contributed by atoms with E-state index in [0.717, 1.165) is 36.1 Å². The summed E-state index contributed by atoms with van der Waals surface area (Å²) in [4.78, 5) is 4.65. The number of halogens is 1. The molecule has 5 heteroatoms. The molecule has 2 rings (SSSR count). The Bertz CT molecular complexity index is 634. The molecule has 0 radical (unpaired) electrons. The highest BCUT2D eigenvalue weighted by Gasteiger charge is 2.08. The lowest BCUT2D eigenvalue weighted by Gasteiger charge is -2.07. The Labute approximate surface area is 124 Å². The van der Waals surface area contributed by atoms with Crippen molar-refractivity contribution in [2.45, 2.75) is 26.2 Å². The van der Waals surface area contributed by atoms with Crippen molar-refractivity contribution in [1.82, 2.24) is 9.55 Å². The summed E-state index contributed by atoms with van der Waals surface area (Å²) < 4.78 is 20.1. The van der Waals surface area contributed by atoms with E-state index in [1.165, 1.54) is 0 Å². The van der Waals surface area contributed by atoms with Crippen molar-refractivity contribution >= 4 is 11.0 Å². The molecule has 0 aliphatic carbocycles. The molecule has 0 aliphatic heterocycles. The molecule has 4 nitrogen and oxygen atoms in total. The quantitative estimate of drug-likeness (QED) is 0.852. The summed E-state index contributed by atoms with van der Waals surface area (Å²) in [5.41, 5.74) is 7.81. The summed E-state index contributed by atoms with van der Waals surface area (Å²) in [5.74, 6) is 1.76. The Kier molecular flexibility index (Phi) is 5.33. The van der Waals surface area contributed by atoms with Gasteiger partial charge >= 0.3 is 0 Å². The number of hydrogen-bond acceptors (Lipinski definition) is 3. The maximum Gasteiger partial charge on any atom is 0.122 e. The Morgan fingerprint density at radius 2 is 2.29 bits per heavy atom. The van der Waals surface area contributed by atoms with Crippen molar-refractivity contribution < 1.29 is 9.13 Å². The van der Waals surface area contributed by atoms with Gasteiger partial charge in [-0.05, 0) is 18.6 Å². The Hall–Kier alpha value is -1.88. The minimum absolute atomic E-state index is 0.156. The van der Waals surface area contributed by atoms with Crippen LogP contribution >= 0.6 is 0 Å². The fraction of sp³-hybridized carbons (Fsp3) is 0.438. The van der Waals surface area contributed by atoms with Gasteiger partial charge in [-0.15, -0.1) is 0 Å². The lowest BCUT2D eigenvalue weighted by molar-refractivity contribution is 0.348. The van der Waals surface area contributed by atoms with Crippen molar-refractivity contribution in [3.05, 3.63) is 35.9 Å². The van der Waals surface area contributed by atoms with Gasteiger partial charge in [0.05, 0.1) is 17.4 Å². The molecular formula is C16H22FN3O. The molecule has 1 aromatic heterocycles. The fourth-order valence-corrected chi connectivity index (χ4v) is 2.19.